The van der Waals surface area contributed by atoms with Crippen LogP contribution >= 0.6 is 15.9 Å². The molecule has 13 heavy (non-hydrogen) atoms. The third kappa shape index (κ3) is 2.46. The van der Waals surface area contributed by atoms with Crippen LogP contribution in [0, 0.1) is 6.92 Å². The molecule has 0 spiro atoms. The predicted molar refractivity (Wildman–Crippen MR) is 48.2 cm³/mol. The van der Waals surface area contributed by atoms with Gasteiger partial charge in [0.05, 0.1) is 5.56 Å². The second-order valence-electron chi connectivity index (χ2n) is 2.55. The van der Waals surface area contributed by atoms with Gasteiger partial charge in [-0.3, -0.25) is 0 Å². The van der Waals surface area contributed by atoms with Crippen LogP contribution in [0.25, 0.3) is 0 Å². The second kappa shape index (κ2) is 3.70. The molecule has 1 radical (unpaired) electrons. The van der Waals surface area contributed by atoms with E-state index < -0.39 is 11.7 Å². The van der Waals surface area contributed by atoms with Gasteiger partial charge in [-0.1, -0.05) is 22.0 Å². The number of rotatable bonds is 1. The molecule has 0 aliphatic carbocycles. The third-order valence-electron chi connectivity index (χ3n) is 1.65. The molecule has 0 atom stereocenters. The van der Waals surface area contributed by atoms with Gasteiger partial charge in [0.2, 0.25) is 0 Å². The zero-order chi connectivity index (χ0) is 10.1. The van der Waals surface area contributed by atoms with E-state index in [1.165, 1.54) is 6.07 Å². The molecule has 0 unspecified atom stereocenters. The van der Waals surface area contributed by atoms with E-state index in [0.29, 0.717) is 10.9 Å². The van der Waals surface area contributed by atoms with Crippen LogP contribution in [0.2, 0.25) is 0 Å². The van der Waals surface area contributed by atoms with Crippen LogP contribution in [-0.4, -0.2) is 0 Å². The number of benzene rings is 1. The summed E-state index contributed by atoms with van der Waals surface area (Å²) in [4.78, 5) is 0. The molecule has 0 nitrogen and oxygen atoms in total. The van der Waals surface area contributed by atoms with E-state index in [9.17, 15) is 13.2 Å². The van der Waals surface area contributed by atoms with Gasteiger partial charge in [-0.25, -0.2) is 0 Å². The highest BCUT2D eigenvalue weighted by atomic mass is 79.9. The van der Waals surface area contributed by atoms with Crippen molar-refractivity contribution in [3.05, 3.63) is 40.7 Å². The summed E-state index contributed by atoms with van der Waals surface area (Å²) < 4.78 is 37.0. The standard InChI is InChI=1S/C9H7BrF3/c1-2-6-3-4-7(5-8(6)10)9(11,12)13/h3-5H,1-2H2. The minimum absolute atomic E-state index is 0.456. The smallest absolute Gasteiger partial charge is 0.166 e. The molecule has 0 heterocycles. The Morgan fingerprint density at radius 3 is 2.31 bits per heavy atom. The summed E-state index contributed by atoms with van der Waals surface area (Å²) in [6.45, 7) is 3.60. The van der Waals surface area contributed by atoms with E-state index in [0.717, 1.165) is 17.7 Å². The van der Waals surface area contributed by atoms with Crippen molar-refractivity contribution in [1.29, 1.82) is 0 Å². The zero-order valence-electron chi connectivity index (χ0n) is 6.66. The molecule has 71 valence electrons. The molecule has 0 aromatic heterocycles. The number of halogens is 4. The second-order valence-corrected chi connectivity index (χ2v) is 3.41. The van der Waals surface area contributed by atoms with Crippen LogP contribution in [0.4, 0.5) is 13.2 Å². The Hall–Kier alpha value is -0.510. The van der Waals surface area contributed by atoms with Crippen LogP contribution in [0.1, 0.15) is 11.1 Å². The van der Waals surface area contributed by atoms with E-state index in [1.807, 2.05) is 0 Å². The number of hydrogen-bond acceptors (Lipinski definition) is 0. The van der Waals surface area contributed by atoms with Crippen LogP contribution in [0.5, 0.6) is 0 Å². The largest absolute Gasteiger partial charge is 0.416 e. The van der Waals surface area contributed by atoms with Crippen molar-refractivity contribution in [2.75, 3.05) is 0 Å². The molecule has 1 aromatic carbocycles. The highest BCUT2D eigenvalue weighted by molar-refractivity contribution is 9.10. The minimum Gasteiger partial charge on any atom is -0.166 e. The molecule has 0 bridgehead atoms. The fraction of sp³-hybridized carbons (Fsp3) is 0.222. The third-order valence-corrected chi connectivity index (χ3v) is 2.39. The normalized spacial score (nSPS) is 11.8. The van der Waals surface area contributed by atoms with Crippen molar-refractivity contribution in [1.82, 2.24) is 0 Å². The van der Waals surface area contributed by atoms with E-state index in [1.54, 1.807) is 0 Å². The van der Waals surface area contributed by atoms with Crippen LogP contribution in [0.3, 0.4) is 0 Å². The van der Waals surface area contributed by atoms with E-state index in [4.69, 9.17) is 0 Å². The number of alkyl halides is 3. The van der Waals surface area contributed by atoms with Crippen LogP contribution < -0.4 is 0 Å². The summed E-state index contributed by atoms with van der Waals surface area (Å²) >= 11 is 3.06. The fourth-order valence-corrected chi connectivity index (χ4v) is 1.50. The quantitative estimate of drug-likeness (QED) is 0.712. The summed E-state index contributed by atoms with van der Waals surface area (Å²) in [5, 5.41) is 0. The average molecular weight is 252 g/mol. The van der Waals surface area contributed by atoms with E-state index >= 15 is 0 Å². The Balaban J connectivity index is 3.10. The monoisotopic (exact) mass is 251 g/mol. The lowest BCUT2D eigenvalue weighted by Crippen LogP contribution is -2.04. The van der Waals surface area contributed by atoms with Gasteiger partial charge in [-0.2, -0.15) is 13.2 Å². The van der Waals surface area contributed by atoms with Gasteiger partial charge in [0.25, 0.3) is 0 Å². The summed E-state index contributed by atoms with van der Waals surface area (Å²) in [5.41, 5.74) is 0.129. The van der Waals surface area contributed by atoms with Gasteiger partial charge < -0.3 is 0 Å². The molecule has 0 saturated carbocycles. The molecular formula is C9H7BrF3. The maximum Gasteiger partial charge on any atom is 0.416 e. The first-order valence-corrected chi connectivity index (χ1v) is 4.39. The summed E-state index contributed by atoms with van der Waals surface area (Å²) in [7, 11) is 0. The average Bonchev–Trinajstić information content (AvgIpc) is 2.02. The molecule has 0 fully saturated rings. The Labute approximate surface area is 82.9 Å². The summed E-state index contributed by atoms with van der Waals surface area (Å²) in [6.07, 6.45) is -3.80. The molecule has 0 aliphatic heterocycles. The first-order chi connectivity index (χ1) is 5.95. The highest BCUT2D eigenvalue weighted by Gasteiger charge is 2.30. The molecular weight excluding hydrogens is 245 g/mol. The van der Waals surface area contributed by atoms with E-state index in [2.05, 4.69) is 22.9 Å². The minimum atomic E-state index is -4.28. The van der Waals surface area contributed by atoms with Crippen molar-refractivity contribution < 1.29 is 13.2 Å². The lowest BCUT2D eigenvalue weighted by atomic mass is 10.1. The summed E-state index contributed by atoms with van der Waals surface area (Å²) in [6, 6.07) is 3.56. The van der Waals surface area contributed by atoms with Gasteiger partial charge in [0, 0.05) is 4.47 Å². The molecule has 0 N–H and O–H groups in total. The highest BCUT2D eigenvalue weighted by Crippen LogP contribution is 2.32. The molecule has 4 heteroatoms. The summed E-state index contributed by atoms with van der Waals surface area (Å²) in [5.74, 6) is 0. The Morgan fingerprint density at radius 2 is 1.92 bits per heavy atom. The zero-order valence-corrected chi connectivity index (χ0v) is 8.24. The first kappa shape index (κ1) is 10.6. The lowest BCUT2D eigenvalue weighted by molar-refractivity contribution is -0.137. The fourth-order valence-electron chi connectivity index (χ4n) is 0.926. The molecule has 0 saturated heterocycles. The van der Waals surface area contributed by atoms with Crippen molar-refractivity contribution >= 4 is 15.9 Å². The van der Waals surface area contributed by atoms with Crippen molar-refractivity contribution in [3.63, 3.8) is 0 Å². The van der Waals surface area contributed by atoms with Crippen molar-refractivity contribution in [2.45, 2.75) is 12.6 Å². The predicted octanol–water partition coefficient (Wildman–Crippen LogP) is 3.84. The van der Waals surface area contributed by atoms with Gasteiger partial charge in [-0.15, -0.1) is 0 Å². The molecule has 0 aliphatic rings. The van der Waals surface area contributed by atoms with Crippen LogP contribution in [0.15, 0.2) is 22.7 Å². The maximum absolute atomic E-state index is 12.2. The molecule has 1 rings (SSSR count). The molecule has 0 amide bonds. The lowest BCUT2D eigenvalue weighted by Gasteiger charge is -2.08. The van der Waals surface area contributed by atoms with Crippen molar-refractivity contribution in [2.24, 2.45) is 0 Å². The Kier molecular flexibility index (Phi) is 3.01. The van der Waals surface area contributed by atoms with Crippen LogP contribution in [-0.2, 0) is 12.6 Å². The Morgan fingerprint density at radius 1 is 1.31 bits per heavy atom. The van der Waals surface area contributed by atoms with Gasteiger partial charge in [-0.05, 0) is 31.0 Å². The van der Waals surface area contributed by atoms with Gasteiger partial charge in [0.1, 0.15) is 0 Å². The first-order valence-electron chi connectivity index (χ1n) is 3.60. The topological polar surface area (TPSA) is 0 Å². The molecule has 1 aromatic rings. The Bertz CT molecular complexity index is 304. The van der Waals surface area contributed by atoms with E-state index in [-0.39, 0.29) is 0 Å². The van der Waals surface area contributed by atoms with Gasteiger partial charge >= 0.3 is 6.18 Å². The SMILES string of the molecule is [CH2]Cc1ccc(C(F)(F)F)cc1Br. The van der Waals surface area contributed by atoms with Crippen molar-refractivity contribution in [3.8, 4) is 0 Å². The number of hydrogen-bond donors (Lipinski definition) is 0. The maximum atomic E-state index is 12.2. The van der Waals surface area contributed by atoms with Gasteiger partial charge in [0.15, 0.2) is 0 Å².